The van der Waals surface area contributed by atoms with E-state index in [1.165, 1.54) is 0 Å². The molecule has 6 nitrogen and oxygen atoms in total. The van der Waals surface area contributed by atoms with Gasteiger partial charge in [0.1, 0.15) is 11.4 Å². The van der Waals surface area contributed by atoms with Crippen LogP contribution in [0.2, 0.25) is 10.0 Å². The van der Waals surface area contributed by atoms with Gasteiger partial charge in [0.15, 0.2) is 0 Å². The van der Waals surface area contributed by atoms with Gasteiger partial charge >= 0.3 is 0 Å². The fourth-order valence-electron chi connectivity index (χ4n) is 5.74. The highest BCUT2D eigenvalue weighted by molar-refractivity contribution is 6.35. The molecule has 0 bridgehead atoms. The number of carbonyl (C=O) groups excluding carboxylic acids is 1. The number of nitrogens with one attached hydrogen (secondary N) is 1. The summed E-state index contributed by atoms with van der Waals surface area (Å²) in [7, 11) is 1.95. The van der Waals surface area contributed by atoms with Crippen LogP contribution < -0.4 is 10.1 Å². The summed E-state index contributed by atoms with van der Waals surface area (Å²) in [5.41, 5.74) is 8.73. The van der Waals surface area contributed by atoms with Crippen molar-refractivity contribution in [3.63, 3.8) is 0 Å². The molecule has 200 valence electrons. The SMILES string of the molecule is CCC1Cn2c(c(CCCOc3cc(C)c(Cl)c(C)c3)c3ccc(Cl)c(-c4c(C)nn(C)c4C)c32)C(=O)N1. The molecule has 0 spiro atoms. The number of carbonyl (C=O) groups is 1. The predicted octanol–water partition coefficient (Wildman–Crippen LogP) is 7.12. The van der Waals surface area contributed by atoms with Gasteiger partial charge in [0.25, 0.3) is 5.91 Å². The number of ether oxygens (including phenoxy) is 1. The number of halogens is 2. The molecule has 0 fully saturated rings. The van der Waals surface area contributed by atoms with Crippen LogP contribution in [0.5, 0.6) is 5.75 Å². The molecular weight excluding hydrogens is 519 g/mol. The van der Waals surface area contributed by atoms with E-state index in [2.05, 4.69) is 34.9 Å². The summed E-state index contributed by atoms with van der Waals surface area (Å²) in [6.07, 6.45) is 2.33. The molecule has 1 aliphatic rings. The normalized spacial score (nSPS) is 15.2. The minimum Gasteiger partial charge on any atom is -0.494 e. The third-order valence-electron chi connectivity index (χ3n) is 7.73. The van der Waals surface area contributed by atoms with Gasteiger partial charge < -0.3 is 14.6 Å². The Hall–Kier alpha value is -2.96. The topological polar surface area (TPSA) is 61.1 Å². The molecule has 4 aromatic rings. The van der Waals surface area contributed by atoms with Crippen molar-refractivity contribution in [2.75, 3.05) is 6.61 Å². The smallest absolute Gasteiger partial charge is 0.268 e. The van der Waals surface area contributed by atoms with E-state index in [-0.39, 0.29) is 11.9 Å². The number of hydrogen-bond acceptors (Lipinski definition) is 3. The lowest BCUT2D eigenvalue weighted by Crippen LogP contribution is -2.44. The van der Waals surface area contributed by atoms with Crippen LogP contribution in [-0.4, -0.2) is 32.9 Å². The van der Waals surface area contributed by atoms with Crippen LogP contribution >= 0.6 is 23.2 Å². The van der Waals surface area contributed by atoms with Gasteiger partial charge in [0.05, 0.1) is 22.8 Å². The van der Waals surface area contributed by atoms with E-state index in [9.17, 15) is 4.79 Å². The Morgan fingerprint density at radius 2 is 1.82 bits per heavy atom. The highest BCUT2D eigenvalue weighted by atomic mass is 35.5. The van der Waals surface area contributed by atoms with Crippen LogP contribution in [-0.2, 0) is 20.0 Å². The summed E-state index contributed by atoms with van der Waals surface area (Å²) in [5.74, 6) is 0.786. The lowest BCUT2D eigenvalue weighted by Gasteiger charge is -2.26. The molecule has 8 heteroatoms. The summed E-state index contributed by atoms with van der Waals surface area (Å²) < 4.78 is 10.2. The Labute approximate surface area is 233 Å². The highest BCUT2D eigenvalue weighted by Gasteiger charge is 2.32. The number of nitrogens with zero attached hydrogens (tertiary/aromatic N) is 3. The first kappa shape index (κ1) is 26.6. The first-order valence-electron chi connectivity index (χ1n) is 13.2. The van der Waals surface area contributed by atoms with E-state index < -0.39 is 0 Å². The quantitative estimate of drug-likeness (QED) is 0.248. The maximum absolute atomic E-state index is 13.5. The second kappa shape index (κ2) is 10.3. The fourth-order valence-corrected chi connectivity index (χ4v) is 6.10. The second-order valence-corrected chi connectivity index (χ2v) is 11.1. The van der Waals surface area contributed by atoms with Crippen molar-refractivity contribution in [1.82, 2.24) is 19.7 Å². The largest absolute Gasteiger partial charge is 0.494 e. The molecule has 1 amide bonds. The lowest BCUT2D eigenvalue weighted by molar-refractivity contribution is 0.0899. The van der Waals surface area contributed by atoms with Gasteiger partial charge in [0.2, 0.25) is 0 Å². The zero-order valence-electron chi connectivity index (χ0n) is 22.8. The van der Waals surface area contributed by atoms with Crippen LogP contribution in [0, 0.1) is 27.7 Å². The van der Waals surface area contributed by atoms with E-state index in [0.29, 0.717) is 24.6 Å². The summed E-state index contributed by atoms with van der Waals surface area (Å²) in [4.78, 5) is 13.5. The number of benzene rings is 2. The van der Waals surface area contributed by atoms with Crippen molar-refractivity contribution in [3.05, 3.63) is 68.1 Å². The van der Waals surface area contributed by atoms with Gasteiger partial charge in [-0.25, -0.2) is 0 Å². The number of amides is 1. The zero-order valence-corrected chi connectivity index (χ0v) is 24.3. The summed E-state index contributed by atoms with van der Waals surface area (Å²) in [6, 6.07) is 8.02. The van der Waals surface area contributed by atoms with Crippen molar-refractivity contribution in [1.29, 1.82) is 0 Å². The number of rotatable bonds is 7. The van der Waals surface area contributed by atoms with Crippen molar-refractivity contribution in [3.8, 4) is 16.9 Å². The Balaban J connectivity index is 1.57. The number of hydrogen-bond donors (Lipinski definition) is 1. The first-order valence-corrected chi connectivity index (χ1v) is 13.9. The van der Waals surface area contributed by atoms with Gasteiger partial charge in [0, 0.05) is 46.9 Å². The highest BCUT2D eigenvalue weighted by Crippen LogP contribution is 2.42. The molecule has 1 N–H and O–H groups in total. The molecule has 1 atom stereocenters. The second-order valence-electron chi connectivity index (χ2n) is 10.3. The zero-order chi connectivity index (χ0) is 27.3. The first-order chi connectivity index (χ1) is 18.1. The third kappa shape index (κ3) is 4.48. The minimum atomic E-state index is -0.0270. The van der Waals surface area contributed by atoms with E-state index in [1.807, 2.05) is 50.7 Å². The molecule has 1 aliphatic heterocycles. The summed E-state index contributed by atoms with van der Waals surface area (Å²) >= 11 is 13.2. The fraction of sp³-hybridized carbons (Fsp3) is 0.400. The average molecular weight is 554 g/mol. The molecule has 38 heavy (non-hydrogen) atoms. The van der Waals surface area contributed by atoms with E-state index in [0.717, 1.165) is 79.4 Å². The Morgan fingerprint density at radius 1 is 1.11 bits per heavy atom. The van der Waals surface area contributed by atoms with Gasteiger partial charge in [-0.3, -0.25) is 9.48 Å². The van der Waals surface area contributed by atoms with Crippen molar-refractivity contribution >= 4 is 40.0 Å². The van der Waals surface area contributed by atoms with Gasteiger partial charge in [-0.15, -0.1) is 0 Å². The van der Waals surface area contributed by atoms with Crippen LogP contribution in [0.1, 0.15) is 58.3 Å². The maximum Gasteiger partial charge on any atom is 0.268 e. The van der Waals surface area contributed by atoms with E-state index in [1.54, 1.807) is 0 Å². The van der Waals surface area contributed by atoms with Gasteiger partial charge in [-0.05, 0) is 81.8 Å². The minimum absolute atomic E-state index is 0.0270. The standard InChI is InChI=1S/C30H34Cl2N4O2/c1-7-20-15-36-28-23(10-11-24(31)26(28)25-18(4)34-35(6)19(25)5)22(29(36)30(37)33-20)9-8-12-38-21-13-16(2)27(32)17(3)14-21/h10-11,13-14,20H,7-9,12,15H2,1-6H3,(H,33,37). The van der Waals surface area contributed by atoms with Gasteiger partial charge in [-0.2, -0.15) is 5.10 Å². The van der Waals surface area contributed by atoms with Crippen LogP contribution in [0.3, 0.4) is 0 Å². The molecule has 0 saturated carbocycles. The molecule has 0 saturated heterocycles. The van der Waals surface area contributed by atoms with Crippen molar-refractivity contribution in [2.24, 2.45) is 7.05 Å². The number of aromatic nitrogens is 3. The third-order valence-corrected chi connectivity index (χ3v) is 8.64. The van der Waals surface area contributed by atoms with Crippen LogP contribution in [0.4, 0.5) is 0 Å². The van der Waals surface area contributed by atoms with E-state index >= 15 is 0 Å². The van der Waals surface area contributed by atoms with Crippen molar-refractivity contribution < 1.29 is 9.53 Å². The molecule has 0 aliphatic carbocycles. The van der Waals surface area contributed by atoms with Gasteiger partial charge in [-0.1, -0.05) is 36.2 Å². The molecular formula is C30H34Cl2N4O2. The Bertz CT molecular complexity index is 1540. The summed E-state index contributed by atoms with van der Waals surface area (Å²) in [6.45, 7) is 11.4. The monoisotopic (exact) mass is 552 g/mol. The summed E-state index contributed by atoms with van der Waals surface area (Å²) in [5, 5.41) is 10.4. The van der Waals surface area contributed by atoms with E-state index in [4.69, 9.17) is 27.9 Å². The Morgan fingerprint density at radius 3 is 2.45 bits per heavy atom. The van der Waals surface area contributed by atoms with Crippen LogP contribution in [0.15, 0.2) is 24.3 Å². The number of aryl methyl sites for hydroxylation is 5. The molecule has 5 rings (SSSR count). The van der Waals surface area contributed by atoms with Crippen LogP contribution in [0.25, 0.3) is 22.0 Å². The average Bonchev–Trinajstić information content (AvgIpc) is 3.33. The maximum atomic E-state index is 13.5. The molecule has 0 radical (unpaired) electrons. The van der Waals surface area contributed by atoms with Crippen molar-refractivity contribution in [2.45, 2.75) is 66.5 Å². The molecule has 3 heterocycles. The lowest BCUT2D eigenvalue weighted by atomic mass is 9.98. The predicted molar refractivity (Wildman–Crippen MR) is 155 cm³/mol. The molecule has 1 unspecified atom stereocenters. The Kier molecular flexibility index (Phi) is 7.23. The molecule has 2 aromatic carbocycles. The molecule has 2 aromatic heterocycles. The number of fused-ring (bicyclic) bond motifs is 3.